The van der Waals surface area contributed by atoms with Gasteiger partial charge >= 0.3 is 0 Å². The average Bonchev–Trinajstić information content (AvgIpc) is 2.94. The number of anilines is 1. The van der Waals surface area contributed by atoms with E-state index < -0.39 is 5.91 Å². The molecule has 0 atom stereocenters. The van der Waals surface area contributed by atoms with Gasteiger partial charge in [0.1, 0.15) is 11.4 Å². The predicted molar refractivity (Wildman–Crippen MR) is 102 cm³/mol. The van der Waals surface area contributed by atoms with Crippen LogP contribution >= 0.6 is 23.2 Å². The molecule has 1 N–H and O–H groups in total. The number of rotatable bonds is 4. The summed E-state index contributed by atoms with van der Waals surface area (Å²) in [6, 6.07) is 10.2. The average molecular weight is 391 g/mol. The largest absolute Gasteiger partial charge is 0.495 e. The highest BCUT2D eigenvalue weighted by Crippen LogP contribution is 2.28. The van der Waals surface area contributed by atoms with E-state index in [2.05, 4.69) is 15.4 Å². The van der Waals surface area contributed by atoms with Gasteiger partial charge in [-0.05, 0) is 50.2 Å². The smallest absolute Gasteiger partial charge is 0.275 e. The van der Waals surface area contributed by atoms with Crippen LogP contribution in [-0.2, 0) is 0 Å². The number of aryl methyl sites for hydroxylation is 2. The molecule has 0 radical (unpaired) electrons. The Kier molecular flexibility index (Phi) is 5.15. The second kappa shape index (κ2) is 7.35. The zero-order valence-electron chi connectivity index (χ0n) is 14.4. The quantitative estimate of drug-likeness (QED) is 0.714. The summed E-state index contributed by atoms with van der Waals surface area (Å²) < 4.78 is 6.76. The van der Waals surface area contributed by atoms with Crippen molar-refractivity contribution in [1.29, 1.82) is 0 Å². The molecular formula is C18H16Cl2N4O2. The lowest BCUT2D eigenvalue weighted by atomic mass is 10.2. The Labute approximate surface area is 160 Å². The zero-order valence-corrected chi connectivity index (χ0v) is 15.9. The van der Waals surface area contributed by atoms with Crippen LogP contribution in [0.15, 0.2) is 36.4 Å². The summed E-state index contributed by atoms with van der Waals surface area (Å²) in [5.41, 5.74) is 2.38. The minimum Gasteiger partial charge on any atom is -0.495 e. The van der Waals surface area contributed by atoms with E-state index in [1.165, 1.54) is 7.11 Å². The molecule has 0 aliphatic carbocycles. The highest BCUT2D eigenvalue weighted by Gasteiger charge is 2.16. The monoisotopic (exact) mass is 390 g/mol. The third kappa shape index (κ3) is 3.66. The van der Waals surface area contributed by atoms with Crippen molar-refractivity contribution in [1.82, 2.24) is 14.8 Å². The van der Waals surface area contributed by atoms with E-state index >= 15 is 0 Å². The van der Waals surface area contributed by atoms with Crippen molar-refractivity contribution in [2.45, 2.75) is 13.8 Å². The van der Waals surface area contributed by atoms with Crippen molar-refractivity contribution >= 4 is 34.8 Å². The van der Waals surface area contributed by atoms with Gasteiger partial charge in [-0.15, -0.1) is 0 Å². The summed E-state index contributed by atoms with van der Waals surface area (Å²) in [4.78, 5) is 17.0. The molecule has 8 heteroatoms. The Morgan fingerprint density at radius 2 is 1.88 bits per heavy atom. The molecule has 1 amide bonds. The molecule has 0 unspecified atom stereocenters. The number of nitrogens with one attached hydrogen (secondary N) is 1. The van der Waals surface area contributed by atoms with Crippen LogP contribution in [0.25, 0.3) is 5.82 Å². The van der Waals surface area contributed by atoms with Crippen LogP contribution < -0.4 is 10.1 Å². The van der Waals surface area contributed by atoms with Gasteiger partial charge in [-0.3, -0.25) is 4.79 Å². The molecule has 26 heavy (non-hydrogen) atoms. The first-order valence-corrected chi connectivity index (χ1v) is 8.49. The van der Waals surface area contributed by atoms with Gasteiger partial charge < -0.3 is 10.1 Å². The van der Waals surface area contributed by atoms with Crippen molar-refractivity contribution < 1.29 is 9.53 Å². The number of carbonyl (C=O) groups excluding carboxylic acids is 1. The Hall–Kier alpha value is -2.57. The fraction of sp³-hybridized carbons (Fsp3) is 0.167. The maximum Gasteiger partial charge on any atom is 0.275 e. The van der Waals surface area contributed by atoms with Gasteiger partial charge in [-0.1, -0.05) is 23.2 Å². The lowest BCUT2D eigenvalue weighted by molar-refractivity contribution is 0.102. The molecule has 0 aliphatic rings. The van der Waals surface area contributed by atoms with Crippen LogP contribution in [0, 0.1) is 13.8 Å². The fourth-order valence-electron chi connectivity index (χ4n) is 2.50. The number of methoxy groups -OCH3 is 1. The molecule has 0 fully saturated rings. The molecule has 0 aliphatic heterocycles. The summed E-state index contributed by atoms with van der Waals surface area (Å²) in [5.74, 6) is 0.588. The van der Waals surface area contributed by atoms with Gasteiger partial charge in [0.2, 0.25) is 0 Å². The maximum atomic E-state index is 12.6. The fourth-order valence-corrected chi connectivity index (χ4v) is 2.95. The highest BCUT2D eigenvalue weighted by molar-refractivity contribution is 6.34. The molecular weight excluding hydrogens is 375 g/mol. The van der Waals surface area contributed by atoms with Crippen LogP contribution in [0.3, 0.4) is 0 Å². The summed E-state index contributed by atoms with van der Waals surface area (Å²) in [5, 5.41) is 7.74. The van der Waals surface area contributed by atoms with Crippen LogP contribution in [0.1, 0.15) is 21.9 Å². The Balaban J connectivity index is 1.91. The van der Waals surface area contributed by atoms with Crippen molar-refractivity contribution in [2.24, 2.45) is 0 Å². The lowest BCUT2D eigenvalue weighted by Gasteiger charge is -2.10. The number of hydrogen-bond acceptors (Lipinski definition) is 4. The first-order chi connectivity index (χ1) is 12.4. The first kappa shape index (κ1) is 18.2. The topological polar surface area (TPSA) is 69.0 Å². The minimum absolute atomic E-state index is 0.101. The van der Waals surface area contributed by atoms with Gasteiger partial charge in [0.25, 0.3) is 5.91 Å². The Morgan fingerprint density at radius 3 is 2.50 bits per heavy atom. The minimum atomic E-state index is -0.445. The van der Waals surface area contributed by atoms with Crippen LogP contribution in [0.4, 0.5) is 5.69 Å². The Bertz CT molecular complexity index is 985. The number of carbonyl (C=O) groups is 1. The van der Waals surface area contributed by atoms with E-state index in [4.69, 9.17) is 27.9 Å². The maximum absolute atomic E-state index is 12.6. The van der Waals surface area contributed by atoms with Crippen molar-refractivity contribution in [3.8, 4) is 11.6 Å². The molecule has 0 saturated carbocycles. The molecule has 3 aromatic rings. The number of amides is 1. The van der Waals surface area contributed by atoms with E-state index in [0.29, 0.717) is 22.3 Å². The van der Waals surface area contributed by atoms with E-state index in [1.807, 2.05) is 19.9 Å². The van der Waals surface area contributed by atoms with Gasteiger partial charge in [-0.25, -0.2) is 9.67 Å². The van der Waals surface area contributed by atoms with E-state index in [0.717, 1.165) is 11.4 Å². The molecule has 0 bridgehead atoms. The van der Waals surface area contributed by atoms with Gasteiger partial charge in [0.15, 0.2) is 5.82 Å². The van der Waals surface area contributed by atoms with Crippen molar-refractivity contribution in [2.75, 3.05) is 12.4 Å². The van der Waals surface area contributed by atoms with Gasteiger partial charge in [0.05, 0.1) is 22.8 Å². The summed E-state index contributed by atoms with van der Waals surface area (Å²) >= 11 is 12.3. The lowest BCUT2D eigenvalue weighted by Crippen LogP contribution is -2.16. The number of nitrogens with zero attached hydrogens (tertiary/aromatic N) is 3. The SMILES string of the molecule is COc1ccc(NC(=O)c2nc(-n3nc(C)cc3C)ccc2Cl)cc1Cl. The third-order valence-electron chi connectivity index (χ3n) is 3.68. The van der Waals surface area contributed by atoms with Crippen molar-refractivity contribution in [3.63, 3.8) is 0 Å². The van der Waals surface area contributed by atoms with Crippen LogP contribution in [-0.4, -0.2) is 27.8 Å². The van der Waals surface area contributed by atoms with E-state index in [-0.39, 0.29) is 10.7 Å². The number of halogens is 2. The zero-order chi connectivity index (χ0) is 18.8. The number of pyridine rings is 1. The molecule has 1 aromatic carbocycles. The van der Waals surface area contributed by atoms with Crippen LogP contribution in [0.2, 0.25) is 10.0 Å². The number of hydrogen-bond donors (Lipinski definition) is 1. The van der Waals surface area contributed by atoms with E-state index in [9.17, 15) is 4.79 Å². The summed E-state index contributed by atoms with van der Waals surface area (Å²) in [6.07, 6.45) is 0. The molecule has 3 rings (SSSR count). The van der Waals surface area contributed by atoms with Gasteiger partial charge in [-0.2, -0.15) is 5.10 Å². The Morgan fingerprint density at radius 1 is 1.12 bits per heavy atom. The molecule has 134 valence electrons. The van der Waals surface area contributed by atoms with E-state index in [1.54, 1.807) is 35.0 Å². The summed E-state index contributed by atoms with van der Waals surface area (Å²) in [6.45, 7) is 3.80. The number of ether oxygens (including phenoxy) is 1. The number of benzene rings is 1. The molecule has 0 saturated heterocycles. The normalized spacial score (nSPS) is 10.7. The standard InChI is InChI=1S/C18H16Cl2N4O2/c1-10-8-11(2)24(23-10)16-7-5-13(19)17(22-16)18(25)21-12-4-6-15(26-3)14(20)9-12/h4-9H,1-3H3,(H,21,25). The highest BCUT2D eigenvalue weighted by atomic mass is 35.5. The third-order valence-corrected chi connectivity index (χ3v) is 4.28. The number of aromatic nitrogens is 3. The summed E-state index contributed by atoms with van der Waals surface area (Å²) in [7, 11) is 1.52. The van der Waals surface area contributed by atoms with Crippen molar-refractivity contribution in [3.05, 3.63) is 63.5 Å². The molecule has 0 spiro atoms. The second-order valence-corrected chi connectivity index (χ2v) is 6.46. The predicted octanol–water partition coefficient (Wildman–Crippen LogP) is 4.45. The molecule has 6 nitrogen and oxygen atoms in total. The second-order valence-electron chi connectivity index (χ2n) is 5.64. The molecule has 2 aromatic heterocycles. The van der Waals surface area contributed by atoms with Crippen LogP contribution in [0.5, 0.6) is 5.75 Å². The molecule has 2 heterocycles. The first-order valence-electron chi connectivity index (χ1n) is 7.74. The van der Waals surface area contributed by atoms with Gasteiger partial charge in [0, 0.05) is 11.4 Å².